The van der Waals surface area contributed by atoms with Crippen LogP contribution in [0.3, 0.4) is 0 Å². The van der Waals surface area contributed by atoms with Crippen LogP contribution in [0, 0.1) is 0 Å². The first kappa shape index (κ1) is 17.2. The Balaban J connectivity index is 2.40. The molecule has 0 saturated carbocycles. The van der Waals surface area contributed by atoms with Gasteiger partial charge in [0.25, 0.3) is 0 Å². The maximum atomic E-state index is 8.80. The molecule has 1 aliphatic heterocycles. The molecule has 114 valence electrons. The first-order valence-corrected chi connectivity index (χ1v) is 7.36. The van der Waals surface area contributed by atoms with Crippen LogP contribution in [0.2, 0.25) is 0 Å². The lowest BCUT2D eigenvalue weighted by atomic mass is 9.99. The zero-order valence-electron chi connectivity index (χ0n) is 13.1. The average Bonchev–Trinajstić information content (AvgIpc) is 2.87. The monoisotopic (exact) mass is 280 g/mol. The zero-order chi connectivity index (χ0) is 15.0. The quantitative estimate of drug-likeness (QED) is 0.688. The molecular weight excluding hydrogens is 252 g/mol. The summed E-state index contributed by atoms with van der Waals surface area (Å²) in [7, 11) is 0. The van der Waals surface area contributed by atoms with Gasteiger partial charge in [-0.25, -0.2) is 0 Å². The Hall–Kier alpha value is -0.900. The number of allylic oxidation sites excluding steroid dienone is 3. The van der Waals surface area contributed by atoms with Crippen molar-refractivity contribution in [3.63, 3.8) is 0 Å². The normalized spacial score (nSPS) is 19.4. The SMILES string of the molecule is C=C(C)C1(CC/C(C)=C/CC/C(C)=C/CO)OCCO1. The van der Waals surface area contributed by atoms with Crippen LogP contribution >= 0.6 is 0 Å². The zero-order valence-corrected chi connectivity index (χ0v) is 13.1. The Bertz CT molecular complexity index is 374. The molecule has 1 N–H and O–H groups in total. The third kappa shape index (κ3) is 5.23. The fraction of sp³-hybridized carbons (Fsp3) is 0.647. The molecule has 3 heteroatoms. The average molecular weight is 280 g/mol. The topological polar surface area (TPSA) is 38.7 Å². The number of rotatable bonds is 8. The van der Waals surface area contributed by atoms with E-state index < -0.39 is 5.79 Å². The van der Waals surface area contributed by atoms with E-state index in [0.29, 0.717) is 13.2 Å². The lowest BCUT2D eigenvalue weighted by Crippen LogP contribution is -2.31. The molecule has 1 aliphatic rings. The molecular formula is C17H28O3. The number of hydrogen-bond acceptors (Lipinski definition) is 3. The first-order valence-electron chi connectivity index (χ1n) is 7.36. The fourth-order valence-electron chi connectivity index (χ4n) is 2.33. The van der Waals surface area contributed by atoms with E-state index >= 15 is 0 Å². The summed E-state index contributed by atoms with van der Waals surface area (Å²) < 4.78 is 11.5. The minimum Gasteiger partial charge on any atom is -0.392 e. The number of hydrogen-bond donors (Lipinski definition) is 1. The van der Waals surface area contributed by atoms with Gasteiger partial charge in [-0.15, -0.1) is 0 Å². The molecule has 0 spiro atoms. The second-order valence-corrected chi connectivity index (χ2v) is 5.55. The molecule has 0 amide bonds. The molecule has 0 aliphatic carbocycles. The molecule has 1 heterocycles. The predicted molar refractivity (Wildman–Crippen MR) is 82.5 cm³/mol. The van der Waals surface area contributed by atoms with Crippen LogP contribution in [0.15, 0.2) is 35.5 Å². The van der Waals surface area contributed by atoms with Crippen LogP contribution in [0.5, 0.6) is 0 Å². The van der Waals surface area contributed by atoms with Gasteiger partial charge in [-0.2, -0.15) is 0 Å². The van der Waals surface area contributed by atoms with Gasteiger partial charge in [-0.1, -0.05) is 29.9 Å². The van der Waals surface area contributed by atoms with Crippen molar-refractivity contribution in [3.05, 3.63) is 35.5 Å². The van der Waals surface area contributed by atoms with E-state index in [0.717, 1.165) is 31.3 Å². The van der Waals surface area contributed by atoms with Crippen molar-refractivity contribution < 1.29 is 14.6 Å². The summed E-state index contributed by atoms with van der Waals surface area (Å²) in [6, 6.07) is 0. The summed E-state index contributed by atoms with van der Waals surface area (Å²) in [5.74, 6) is -0.568. The van der Waals surface area contributed by atoms with Gasteiger partial charge < -0.3 is 14.6 Å². The van der Waals surface area contributed by atoms with Gasteiger partial charge in [0.15, 0.2) is 5.79 Å². The second-order valence-electron chi connectivity index (χ2n) is 5.55. The highest BCUT2D eigenvalue weighted by molar-refractivity contribution is 5.10. The van der Waals surface area contributed by atoms with E-state index in [9.17, 15) is 0 Å². The molecule has 1 saturated heterocycles. The predicted octanol–water partition coefficient (Wildman–Crippen LogP) is 3.75. The molecule has 0 bridgehead atoms. The summed E-state index contributed by atoms with van der Waals surface area (Å²) >= 11 is 0. The lowest BCUT2D eigenvalue weighted by Gasteiger charge is -2.28. The molecule has 1 fully saturated rings. The molecule has 20 heavy (non-hydrogen) atoms. The number of aliphatic hydroxyl groups excluding tert-OH is 1. The Kier molecular flexibility index (Phi) is 7.20. The molecule has 0 aromatic heterocycles. The Morgan fingerprint density at radius 2 is 1.70 bits per heavy atom. The van der Waals surface area contributed by atoms with E-state index in [4.69, 9.17) is 14.6 Å². The summed E-state index contributed by atoms with van der Waals surface area (Å²) in [6.07, 6.45) is 7.91. The molecule has 0 radical (unpaired) electrons. The summed E-state index contributed by atoms with van der Waals surface area (Å²) in [5, 5.41) is 8.80. The van der Waals surface area contributed by atoms with Gasteiger partial charge in [0, 0.05) is 6.42 Å². The van der Waals surface area contributed by atoms with Gasteiger partial charge in [0.2, 0.25) is 0 Å². The number of aliphatic hydroxyl groups is 1. The van der Waals surface area contributed by atoms with Crippen molar-refractivity contribution in [2.24, 2.45) is 0 Å². The largest absolute Gasteiger partial charge is 0.392 e. The minimum atomic E-state index is -0.568. The van der Waals surface area contributed by atoms with Gasteiger partial charge in [0.1, 0.15) is 0 Å². The number of ether oxygens (including phenoxy) is 2. The molecule has 3 nitrogen and oxygen atoms in total. The van der Waals surface area contributed by atoms with Crippen molar-refractivity contribution in [2.75, 3.05) is 19.8 Å². The maximum absolute atomic E-state index is 8.80. The maximum Gasteiger partial charge on any atom is 0.190 e. The van der Waals surface area contributed by atoms with Crippen molar-refractivity contribution in [1.29, 1.82) is 0 Å². The van der Waals surface area contributed by atoms with E-state index in [1.54, 1.807) is 0 Å². The van der Waals surface area contributed by atoms with Crippen LogP contribution < -0.4 is 0 Å². The van der Waals surface area contributed by atoms with E-state index in [-0.39, 0.29) is 6.61 Å². The Labute approximate surface area is 123 Å². The third-order valence-corrected chi connectivity index (χ3v) is 3.72. The molecule has 1 rings (SSSR count). The standard InChI is InChI=1S/C17H28O3/c1-14(2)17(19-12-13-20-17)10-8-15(3)6-5-7-16(4)9-11-18/h6,9,18H,1,5,7-8,10-13H2,2-4H3/b15-6+,16-9+. The van der Waals surface area contributed by atoms with Crippen LogP contribution in [-0.4, -0.2) is 30.7 Å². The minimum absolute atomic E-state index is 0.129. The smallest absolute Gasteiger partial charge is 0.190 e. The molecule has 0 atom stereocenters. The van der Waals surface area contributed by atoms with E-state index in [1.807, 2.05) is 13.0 Å². The van der Waals surface area contributed by atoms with Crippen LogP contribution in [0.4, 0.5) is 0 Å². The van der Waals surface area contributed by atoms with E-state index in [2.05, 4.69) is 26.5 Å². The molecule has 0 aromatic carbocycles. The highest BCUT2D eigenvalue weighted by Gasteiger charge is 2.36. The van der Waals surface area contributed by atoms with Gasteiger partial charge >= 0.3 is 0 Å². The summed E-state index contributed by atoms with van der Waals surface area (Å²) in [6.45, 7) is 11.6. The van der Waals surface area contributed by atoms with Crippen molar-refractivity contribution >= 4 is 0 Å². The van der Waals surface area contributed by atoms with Gasteiger partial charge in [-0.05, 0) is 45.6 Å². The van der Waals surface area contributed by atoms with Gasteiger partial charge in [0.05, 0.1) is 19.8 Å². The summed E-state index contributed by atoms with van der Waals surface area (Å²) in [4.78, 5) is 0. The first-order chi connectivity index (χ1) is 9.50. The van der Waals surface area contributed by atoms with E-state index in [1.165, 1.54) is 11.1 Å². The Morgan fingerprint density at radius 1 is 1.10 bits per heavy atom. The highest BCUT2D eigenvalue weighted by Crippen LogP contribution is 2.32. The highest BCUT2D eigenvalue weighted by atomic mass is 16.7. The second kappa shape index (κ2) is 8.40. The van der Waals surface area contributed by atoms with Gasteiger partial charge in [-0.3, -0.25) is 0 Å². The van der Waals surface area contributed by atoms with Crippen molar-refractivity contribution in [3.8, 4) is 0 Å². The molecule has 0 unspecified atom stereocenters. The van der Waals surface area contributed by atoms with Crippen LogP contribution in [0.25, 0.3) is 0 Å². The molecule has 0 aromatic rings. The lowest BCUT2D eigenvalue weighted by molar-refractivity contribution is -0.129. The fourth-order valence-corrected chi connectivity index (χ4v) is 2.33. The third-order valence-electron chi connectivity index (χ3n) is 3.72. The van der Waals surface area contributed by atoms with Crippen LogP contribution in [0.1, 0.15) is 46.5 Å². The van der Waals surface area contributed by atoms with Crippen LogP contribution in [-0.2, 0) is 9.47 Å². The van der Waals surface area contributed by atoms with Crippen molar-refractivity contribution in [2.45, 2.75) is 52.2 Å². The Morgan fingerprint density at radius 3 is 2.25 bits per heavy atom. The summed E-state index contributed by atoms with van der Waals surface area (Å²) in [5.41, 5.74) is 3.53. The van der Waals surface area contributed by atoms with Crippen molar-refractivity contribution in [1.82, 2.24) is 0 Å².